The van der Waals surface area contributed by atoms with Gasteiger partial charge in [0, 0.05) is 86.3 Å². The van der Waals surface area contributed by atoms with Gasteiger partial charge in [-0.1, -0.05) is 62.3 Å². The van der Waals surface area contributed by atoms with Crippen LogP contribution in [0, 0.1) is 5.92 Å². The van der Waals surface area contributed by atoms with Gasteiger partial charge in [0.15, 0.2) is 0 Å². The van der Waals surface area contributed by atoms with Gasteiger partial charge in [-0.2, -0.15) is 8.42 Å². The number of hydrogen-bond acceptors (Lipinski definition) is 9. The average molecular weight is 859 g/mol. The zero-order chi connectivity index (χ0) is 44.5. The van der Waals surface area contributed by atoms with Crippen LogP contribution in [0.3, 0.4) is 0 Å². The number of benzene rings is 1. The van der Waals surface area contributed by atoms with E-state index in [4.69, 9.17) is 14.0 Å². The Morgan fingerprint density at radius 2 is 1.75 bits per heavy atom. The molecule has 1 aromatic carbocycles. The lowest BCUT2D eigenvalue weighted by atomic mass is 9.74. The number of ether oxygens (including phenoxy) is 1. The Hall–Kier alpha value is -4.43. The lowest BCUT2D eigenvalue weighted by molar-refractivity contribution is -0.197. The van der Waals surface area contributed by atoms with E-state index in [1.165, 1.54) is 11.6 Å². The number of carbonyl (C=O) groups is 3. The molecule has 2 aromatic rings. The molecular weight excluding hydrogens is 795 g/mol. The van der Waals surface area contributed by atoms with E-state index in [0.29, 0.717) is 50.3 Å². The van der Waals surface area contributed by atoms with Crippen LogP contribution in [0.15, 0.2) is 63.5 Å². The molecule has 4 atom stereocenters. The van der Waals surface area contributed by atoms with Crippen LogP contribution in [0.5, 0.6) is 0 Å². The van der Waals surface area contributed by atoms with E-state index >= 15 is 0 Å². The fraction of sp³-hybridized carbons (Fsp3) is 0.542. The molecule has 1 aliphatic carbocycles. The smallest absolute Gasteiger partial charge is 0.358 e. The first kappa shape index (κ1) is 46.1. The van der Waals surface area contributed by atoms with Crippen LogP contribution in [0.1, 0.15) is 124 Å². The maximum Gasteiger partial charge on any atom is 0.358 e. The highest BCUT2D eigenvalue weighted by molar-refractivity contribution is 7.85. The molecule has 0 spiro atoms. The summed E-state index contributed by atoms with van der Waals surface area (Å²) in [6.45, 7) is 19.6. The predicted molar refractivity (Wildman–Crippen MR) is 237 cm³/mol. The molecular formula is C48H64N3O9S+. The normalized spacial score (nSPS) is 23.8. The molecule has 13 heteroatoms. The zero-order valence-electron chi connectivity index (χ0n) is 37.3. The molecule has 4 aliphatic rings. The first-order valence-electron chi connectivity index (χ1n) is 21.6. The third kappa shape index (κ3) is 9.80. The van der Waals surface area contributed by atoms with E-state index in [1.807, 2.05) is 0 Å². The van der Waals surface area contributed by atoms with Crippen molar-refractivity contribution in [2.45, 2.75) is 140 Å². The number of likely N-dealkylation sites (N-methyl/N-ethyl adjacent to an activating group) is 1. The Bertz CT molecular complexity index is 2340. The second kappa shape index (κ2) is 18.1. The van der Waals surface area contributed by atoms with Crippen LogP contribution in [0.4, 0.5) is 5.69 Å². The number of allylic oxidation sites excluding steroid dienone is 2. The van der Waals surface area contributed by atoms with Crippen molar-refractivity contribution in [1.29, 1.82) is 0 Å². The molecule has 1 aromatic heterocycles. The van der Waals surface area contributed by atoms with Crippen molar-refractivity contribution in [2.24, 2.45) is 5.92 Å². The Balaban J connectivity index is 1.26. The Labute approximate surface area is 361 Å². The van der Waals surface area contributed by atoms with Crippen molar-refractivity contribution in [2.75, 3.05) is 31.7 Å². The summed E-state index contributed by atoms with van der Waals surface area (Å²) in [5.41, 5.74) is 4.25. The third-order valence-electron chi connectivity index (χ3n) is 12.9. The first-order chi connectivity index (χ1) is 28.7. The number of hydroxylamine groups is 2. The van der Waals surface area contributed by atoms with Gasteiger partial charge in [0.1, 0.15) is 0 Å². The van der Waals surface area contributed by atoms with Crippen molar-refractivity contribution in [3.63, 3.8) is 0 Å². The maximum atomic E-state index is 12.4. The van der Waals surface area contributed by atoms with E-state index < -0.39 is 33.3 Å². The fourth-order valence-electron chi connectivity index (χ4n) is 9.67. The first-order valence-corrected chi connectivity index (χ1v) is 23.1. The molecule has 3 aliphatic heterocycles. The third-order valence-corrected chi connectivity index (χ3v) is 13.7. The highest BCUT2D eigenvalue weighted by atomic mass is 32.2. The summed E-state index contributed by atoms with van der Waals surface area (Å²) in [5.74, 6) is -0.482. The summed E-state index contributed by atoms with van der Waals surface area (Å²) >= 11 is 0. The number of anilines is 1. The predicted octanol–water partition coefficient (Wildman–Crippen LogP) is 7.03. The molecule has 2 amide bonds. The van der Waals surface area contributed by atoms with Crippen molar-refractivity contribution in [3.8, 4) is 0 Å². The van der Waals surface area contributed by atoms with Gasteiger partial charge in [0.2, 0.25) is 0 Å². The summed E-state index contributed by atoms with van der Waals surface area (Å²) in [7, 11) is -2.80. The number of imide groups is 1. The fourth-order valence-corrected chi connectivity index (χ4v) is 10.2. The SMILES string of the molecule is CCN1C2C=c3[o+]c(C(C)(C)C)cc(/C=C/C=C/CC4N(CCCCCC(=O)ON5C(=O)CCC5=O)c5ccc(S(=O)(=O)O)cc5C4(C)CCOC)c3=CC2C(C)=CC1(C)C. The van der Waals surface area contributed by atoms with Gasteiger partial charge in [0.25, 0.3) is 21.9 Å². The van der Waals surface area contributed by atoms with Crippen molar-refractivity contribution in [1.82, 2.24) is 9.96 Å². The van der Waals surface area contributed by atoms with Crippen molar-refractivity contribution < 1.29 is 41.3 Å². The van der Waals surface area contributed by atoms with Gasteiger partial charge >= 0.3 is 17.1 Å². The van der Waals surface area contributed by atoms with E-state index in [0.717, 1.165) is 39.8 Å². The number of fused-ring (bicyclic) bond motifs is 3. The molecule has 6 rings (SSSR count). The molecule has 1 N–H and O–H groups in total. The van der Waals surface area contributed by atoms with E-state index in [1.54, 1.807) is 19.2 Å². The molecule has 0 radical (unpaired) electrons. The summed E-state index contributed by atoms with van der Waals surface area (Å²) < 4.78 is 46.9. The van der Waals surface area contributed by atoms with Crippen molar-refractivity contribution in [3.05, 3.63) is 81.7 Å². The van der Waals surface area contributed by atoms with Crippen LogP contribution < -0.4 is 15.5 Å². The van der Waals surface area contributed by atoms with Gasteiger partial charge in [-0.25, -0.2) is 9.21 Å². The van der Waals surface area contributed by atoms with Crippen LogP contribution in [-0.4, -0.2) is 85.1 Å². The zero-order valence-corrected chi connectivity index (χ0v) is 38.1. The minimum atomic E-state index is -4.45. The Morgan fingerprint density at radius 1 is 1.03 bits per heavy atom. The summed E-state index contributed by atoms with van der Waals surface area (Å²) in [6.07, 6.45) is 18.8. The maximum absolute atomic E-state index is 12.4. The molecule has 1 saturated heterocycles. The number of unbranched alkanes of at least 4 members (excludes halogenated alkanes) is 2. The minimum Gasteiger partial charge on any atom is -0.385 e. The standard InChI is InChI=1S/C48H63N3O9S/c1-10-50-39-30-40-36(29-35(39)32(2)31-47(50,6)7)33(27-42(59-40)46(3,4)5)17-13-11-14-18-41-48(8,24-26-58-9)37-28-34(61(55,56)57)20-21-38(37)49(41)25-16-12-15-19-45(54)60-51-43(52)22-23-44(51)53/h11,13-14,17,20-21,27-31,35,39,41H,10,12,15-16,18-19,22-26H2,1-9H3/p+1/b14-11+,17-13+. The van der Waals surface area contributed by atoms with Crippen molar-refractivity contribution >= 4 is 51.8 Å². The van der Waals surface area contributed by atoms with Gasteiger partial charge in [0.05, 0.1) is 15.5 Å². The lowest BCUT2D eigenvalue weighted by Gasteiger charge is -2.47. The molecule has 0 saturated carbocycles. The second-order valence-electron chi connectivity index (χ2n) is 18.7. The topological polar surface area (TPSA) is 145 Å². The van der Waals surface area contributed by atoms with E-state index in [-0.39, 0.29) is 53.1 Å². The summed E-state index contributed by atoms with van der Waals surface area (Å²) in [6, 6.07) is 7.07. The quantitative estimate of drug-likeness (QED) is 0.0464. The highest BCUT2D eigenvalue weighted by Crippen LogP contribution is 2.49. The highest BCUT2D eigenvalue weighted by Gasteiger charge is 2.47. The number of nitrogens with zero attached hydrogens (tertiary/aromatic N) is 3. The van der Waals surface area contributed by atoms with Crippen LogP contribution in [0.2, 0.25) is 0 Å². The minimum absolute atomic E-state index is 0.0435. The van der Waals surface area contributed by atoms with Gasteiger partial charge in [-0.15, -0.1) is 5.06 Å². The van der Waals surface area contributed by atoms with E-state index in [2.05, 4.69) is 114 Å². The van der Waals surface area contributed by atoms with Gasteiger partial charge in [-0.3, -0.25) is 19.0 Å². The van der Waals surface area contributed by atoms with Crippen LogP contribution in [-0.2, 0) is 44.9 Å². The lowest BCUT2D eigenvalue weighted by Crippen LogP contribution is -2.56. The number of rotatable bonds is 16. The number of methoxy groups -OCH3 is 1. The molecule has 4 heterocycles. The largest absolute Gasteiger partial charge is 0.385 e. The molecule has 1 fully saturated rings. The molecule has 330 valence electrons. The number of hydrogen-bond donors (Lipinski definition) is 1. The van der Waals surface area contributed by atoms with Gasteiger partial charge in [-0.05, 0) is 103 Å². The van der Waals surface area contributed by atoms with Crippen LogP contribution >= 0.6 is 0 Å². The Kier molecular flexibility index (Phi) is 13.7. The Morgan fingerprint density at radius 3 is 2.41 bits per heavy atom. The van der Waals surface area contributed by atoms with Gasteiger partial charge < -0.3 is 14.5 Å². The van der Waals surface area contributed by atoms with Crippen LogP contribution in [0.25, 0.3) is 18.2 Å². The number of carbonyl (C=O) groups excluding carboxylic acids is 3. The molecule has 12 nitrogen and oxygen atoms in total. The molecule has 4 unspecified atom stereocenters. The van der Waals surface area contributed by atoms with E-state index in [9.17, 15) is 27.4 Å². The monoisotopic (exact) mass is 858 g/mol. The number of amides is 2. The summed E-state index contributed by atoms with van der Waals surface area (Å²) in [5, 5.41) is 1.67. The molecule has 0 bridgehead atoms. The molecule has 61 heavy (non-hydrogen) atoms. The summed E-state index contributed by atoms with van der Waals surface area (Å²) in [4.78, 5) is 45.9. The second-order valence-corrected chi connectivity index (χ2v) is 20.1. The average Bonchev–Trinajstić information content (AvgIpc) is 3.62.